The lowest BCUT2D eigenvalue weighted by Gasteiger charge is -2.26. The first-order chi connectivity index (χ1) is 8.48. The third-order valence-corrected chi connectivity index (χ3v) is 4.69. The van der Waals surface area contributed by atoms with Crippen LogP contribution in [0.4, 0.5) is 0 Å². The average molecular weight is 309 g/mol. The van der Waals surface area contributed by atoms with Crippen molar-refractivity contribution in [1.82, 2.24) is 0 Å². The van der Waals surface area contributed by atoms with Crippen molar-refractivity contribution in [2.75, 3.05) is 18.6 Å². The minimum atomic E-state index is -3.56. The number of halogens is 1. The second-order valence-corrected chi connectivity index (χ2v) is 7.80. The van der Waals surface area contributed by atoms with Gasteiger partial charge >= 0.3 is 0 Å². The van der Waals surface area contributed by atoms with Gasteiger partial charge in [0, 0.05) is 22.2 Å². The highest BCUT2D eigenvalue weighted by molar-refractivity contribution is 8.13. The molecule has 0 radical (unpaired) electrons. The van der Waals surface area contributed by atoms with Crippen molar-refractivity contribution in [2.24, 2.45) is 0 Å². The third-order valence-electron chi connectivity index (χ3n) is 2.47. The molecule has 0 saturated carbocycles. The number of methoxy groups -OCH3 is 1. The van der Waals surface area contributed by atoms with Gasteiger partial charge in [-0.2, -0.15) is 11.8 Å². The van der Waals surface area contributed by atoms with Crippen LogP contribution in [-0.2, 0) is 14.8 Å². The quantitative estimate of drug-likeness (QED) is 0.781. The molecule has 0 N–H and O–H groups in total. The van der Waals surface area contributed by atoms with Gasteiger partial charge in [0.2, 0.25) is 9.05 Å². The van der Waals surface area contributed by atoms with Gasteiger partial charge in [-0.3, -0.25) is 0 Å². The Hall–Kier alpha value is -0.590. The molecule has 100 valence electrons. The predicted molar refractivity (Wildman–Crippen MR) is 73.2 cm³/mol. The molecule has 18 heavy (non-hydrogen) atoms. The molecule has 1 aliphatic rings. The normalized spacial score (nSPS) is 16.1. The van der Waals surface area contributed by atoms with E-state index >= 15 is 0 Å². The van der Waals surface area contributed by atoms with E-state index in [0.29, 0.717) is 17.1 Å². The van der Waals surface area contributed by atoms with E-state index in [1.54, 1.807) is 25.3 Å². The second-order valence-electron chi connectivity index (χ2n) is 3.95. The molecule has 1 saturated heterocycles. The molecule has 1 aliphatic heterocycles. The van der Waals surface area contributed by atoms with Gasteiger partial charge < -0.3 is 9.47 Å². The van der Waals surface area contributed by atoms with Gasteiger partial charge in [-0.25, -0.2) is 8.42 Å². The van der Waals surface area contributed by atoms with Crippen LogP contribution in [0.2, 0.25) is 0 Å². The van der Waals surface area contributed by atoms with E-state index in [1.807, 2.05) is 11.8 Å². The minimum absolute atomic E-state index is 0.173. The van der Waals surface area contributed by atoms with Gasteiger partial charge in [-0.15, -0.1) is 0 Å². The van der Waals surface area contributed by atoms with Gasteiger partial charge in [0.05, 0.1) is 12.9 Å². The third kappa shape index (κ3) is 3.70. The highest BCUT2D eigenvalue weighted by Crippen LogP contribution is 2.32. The van der Waals surface area contributed by atoms with E-state index in [4.69, 9.17) is 20.2 Å². The van der Waals surface area contributed by atoms with E-state index in [9.17, 15) is 8.42 Å². The van der Waals surface area contributed by atoms with E-state index < -0.39 is 9.05 Å². The molecule has 0 bridgehead atoms. The molecule has 0 aromatic heterocycles. The van der Waals surface area contributed by atoms with Crippen molar-refractivity contribution in [2.45, 2.75) is 11.9 Å². The van der Waals surface area contributed by atoms with Crippen molar-refractivity contribution in [3.63, 3.8) is 0 Å². The number of hydrogen-bond donors (Lipinski definition) is 0. The zero-order valence-electron chi connectivity index (χ0n) is 9.76. The Morgan fingerprint density at radius 3 is 2.61 bits per heavy atom. The molecule has 1 aromatic rings. The summed E-state index contributed by atoms with van der Waals surface area (Å²) in [7, 11) is 3.22. The van der Waals surface area contributed by atoms with Crippen LogP contribution in [0.15, 0.2) is 18.2 Å². The Balaban J connectivity index is 2.20. The number of ether oxygens (including phenoxy) is 2. The van der Waals surface area contributed by atoms with Gasteiger partial charge in [0.15, 0.2) is 11.5 Å². The monoisotopic (exact) mass is 308 g/mol. The lowest BCUT2D eigenvalue weighted by atomic mass is 10.2. The van der Waals surface area contributed by atoms with Crippen molar-refractivity contribution >= 4 is 31.5 Å². The first kappa shape index (κ1) is 13.8. The van der Waals surface area contributed by atoms with Crippen LogP contribution in [0.3, 0.4) is 0 Å². The van der Waals surface area contributed by atoms with E-state index in [1.165, 1.54) is 0 Å². The van der Waals surface area contributed by atoms with Crippen LogP contribution in [0.1, 0.15) is 5.56 Å². The Morgan fingerprint density at radius 2 is 2.11 bits per heavy atom. The van der Waals surface area contributed by atoms with Gasteiger partial charge in [-0.05, 0) is 17.7 Å². The maximum absolute atomic E-state index is 11.0. The smallest absolute Gasteiger partial charge is 0.236 e. The van der Waals surface area contributed by atoms with E-state index in [0.717, 1.165) is 11.5 Å². The lowest BCUT2D eigenvalue weighted by Crippen LogP contribution is -2.31. The van der Waals surface area contributed by atoms with Crippen molar-refractivity contribution in [3.05, 3.63) is 23.8 Å². The molecule has 1 heterocycles. The summed E-state index contributed by atoms with van der Waals surface area (Å²) in [4.78, 5) is 0. The average Bonchev–Trinajstić information content (AvgIpc) is 2.21. The van der Waals surface area contributed by atoms with Crippen LogP contribution in [0.25, 0.3) is 0 Å². The number of rotatable bonds is 5. The molecule has 1 fully saturated rings. The maximum atomic E-state index is 11.0. The zero-order valence-corrected chi connectivity index (χ0v) is 12.1. The maximum Gasteiger partial charge on any atom is 0.236 e. The van der Waals surface area contributed by atoms with Crippen molar-refractivity contribution in [1.29, 1.82) is 0 Å². The number of thioether (sulfide) groups is 1. The molecule has 2 rings (SSSR count). The largest absolute Gasteiger partial charge is 0.493 e. The fraction of sp³-hybridized carbons (Fsp3) is 0.455. The summed E-state index contributed by atoms with van der Waals surface area (Å²) in [5.74, 6) is 2.85. The lowest BCUT2D eigenvalue weighted by molar-refractivity contribution is 0.228. The Morgan fingerprint density at radius 1 is 1.39 bits per heavy atom. The SMILES string of the molecule is COc1ccc(CS(=O)(=O)Cl)cc1OC1CSC1. The Labute approximate surface area is 115 Å². The summed E-state index contributed by atoms with van der Waals surface area (Å²) < 4.78 is 33.0. The van der Waals surface area contributed by atoms with Crippen LogP contribution in [0, 0.1) is 0 Å². The van der Waals surface area contributed by atoms with Crippen LogP contribution in [0.5, 0.6) is 11.5 Å². The predicted octanol–water partition coefficient (Wildman–Crippen LogP) is 2.26. The molecule has 0 spiro atoms. The molecule has 0 unspecified atom stereocenters. The van der Waals surface area contributed by atoms with Crippen LogP contribution >= 0.6 is 22.4 Å². The summed E-state index contributed by atoms with van der Waals surface area (Å²) >= 11 is 1.81. The zero-order chi connectivity index (χ0) is 13.2. The first-order valence-electron chi connectivity index (χ1n) is 5.31. The molecular formula is C11H13ClO4S2. The molecule has 4 nitrogen and oxygen atoms in total. The van der Waals surface area contributed by atoms with E-state index in [-0.39, 0.29) is 11.9 Å². The number of benzene rings is 1. The standard InChI is InChI=1S/C11H13ClO4S2/c1-15-10-3-2-8(7-18(12,13)14)4-11(10)16-9-5-17-6-9/h2-4,9H,5-7H2,1H3. The van der Waals surface area contributed by atoms with Crippen LogP contribution < -0.4 is 9.47 Å². The van der Waals surface area contributed by atoms with Gasteiger partial charge in [-0.1, -0.05) is 6.07 Å². The molecule has 7 heteroatoms. The Bertz CT molecular complexity index is 526. The molecule has 1 aromatic carbocycles. The fourth-order valence-corrected chi connectivity index (χ4v) is 3.08. The molecular weight excluding hydrogens is 296 g/mol. The van der Waals surface area contributed by atoms with Gasteiger partial charge in [0.1, 0.15) is 6.10 Å². The summed E-state index contributed by atoms with van der Waals surface area (Å²) in [6.07, 6.45) is 0.173. The fourth-order valence-electron chi connectivity index (χ4n) is 1.56. The van der Waals surface area contributed by atoms with Crippen molar-refractivity contribution < 1.29 is 17.9 Å². The summed E-state index contributed by atoms with van der Waals surface area (Å²) in [6, 6.07) is 5.03. The van der Waals surface area contributed by atoms with Gasteiger partial charge in [0.25, 0.3) is 0 Å². The highest BCUT2D eigenvalue weighted by atomic mass is 35.7. The van der Waals surface area contributed by atoms with Crippen molar-refractivity contribution in [3.8, 4) is 11.5 Å². The minimum Gasteiger partial charge on any atom is -0.493 e. The molecule has 0 amide bonds. The first-order valence-corrected chi connectivity index (χ1v) is 8.95. The van der Waals surface area contributed by atoms with Crippen LogP contribution in [-0.4, -0.2) is 33.1 Å². The van der Waals surface area contributed by atoms with E-state index in [2.05, 4.69) is 0 Å². The summed E-state index contributed by atoms with van der Waals surface area (Å²) in [5.41, 5.74) is 0.591. The topological polar surface area (TPSA) is 52.6 Å². The Kier molecular flexibility index (Phi) is 4.29. The molecule has 0 atom stereocenters. The number of hydrogen-bond acceptors (Lipinski definition) is 5. The summed E-state index contributed by atoms with van der Waals surface area (Å²) in [5, 5.41) is 0. The highest BCUT2D eigenvalue weighted by Gasteiger charge is 2.22. The second kappa shape index (κ2) is 5.59. The molecule has 0 aliphatic carbocycles. The summed E-state index contributed by atoms with van der Waals surface area (Å²) in [6.45, 7) is 0.